The van der Waals surface area contributed by atoms with Crippen LogP contribution < -0.4 is 5.32 Å². The van der Waals surface area contributed by atoms with Gasteiger partial charge in [-0.25, -0.2) is 0 Å². The summed E-state index contributed by atoms with van der Waals surface area (Å²) >= 11 is 0. The number of para-hydroxylation sites is 1. The van der Waals surface area contributed by atoms with Gasteiger partial charge in [0.1, 0.15) is 0 Å². The number of hydrogen-bond acceptors (Lipinski definition) is 3. The molecule has 1 atom stereocenters. The summed E-state index contributed by atoms with van der Waals surface area (Å²) in [5, 5.41) is 22.2. The first-order valence-electron chi connectivity index (χ1n) is 11.4. The highest BCUT2D eigenvalue weighted by atomic mass is 16.4. The lowest BCUT2D eigenvalue weighted by Gasteiger charge is -2.17. The van der Waals surface area contributed by atoms with Gasteiger partial charge in [-0.3, -0.25) is 9.59 Å². The van der Waals surface area contributed by atoms with Crippen molar-refractivity contribution in [2.45, 2.75) is 58.1 Å². The van der Waals surface area contributed by atoms with Gasteiger partial charge in [0.25, 0.3) is 5.91 Å². The fraction of sp³-hybridized carbons (Fsp3) is 0.333. The van der Waals surface area contributed by atoms with Crippen molar-refractivity contribution in [2.24, 2.45) is 0 Å². The highest BCUT2D eigenvalue weighted by Gasteiger charge is 2.25. The van der Waals surface area contributed by atoms with E-state index in [4.69, 9.17) is 5.11 Å². The molecule has 0 fully saturated rings. The average molecular weight is 449 g/mol. The third-order valence-electron chi connectivity index (χ3n) is 5.64. The number of carboxylic acid groups (broad SMARTS) is 1. The summed E-state index contributed by atoms with van der Waals surface area (Å²) in [7, 11) is 0. The molecule has 3 aromatic rings. The molecule has 1 unspecified atom stereocenters. The van der Waals surface area contributed by atoms with Gasteiger partial charge in [0.15, 0.2) is 0 Å². The third-order valence-corrected chi connectivity index (χ3v) is 5.64. The Bertz CT molecular complexity index is 1060. The Morgan fingerprint density at radius 1 is 0.970 bits per heavy atom. The number of amides is 1. The predicted octanol–water partition coefficient (Wildman–Crippen LogP) is 5.54. The second-order valence-corrected chi connectivity index (χ2v) is 8.57. The lowest BCUT2D eigenvalue weighted by Crippen LogP contribution is -2.17. The second kappa shape index (κ2) is 11.5. The van der Waals surface area contributed by atoms with Crippen LogP contribution in [0, 0.1) is 0 Å². The monoisotopic (exact) mass is 448 g/mol. The first-order valence-corrected chi connectivity index (χ1v) is 11.4. The Kier molecular flexibility index (Phi) is 8.44. The van der Waals surface area contributed by atoms with Crippen LogP contribution in [0.25, 0.3) is 11.1 Å². The molecule has 1 heterocycles. The van der Waals surface area contributed by atoms with E-state index >= 15 is 0 Å². The van der Waals surface area contributed by atoms with Crippen molar-refractivity contribution in [1.82, 2.24) is 4.57 Å². The number of aryl methyl sites for hydroxylation is 1. The van der Waals surface area contributed by atoms with Crippen LogP contribution in [0.4, 0.5) is 5.69 Å². The Morgan fingerprint density at radius 2 is 1.61 bits per heavy atom. The first kappa shape index (κ1) is 24.3. The molecule has 0 bridgehead atoms. The van der Waals surface area contributed by atoms with Crippen LogP contribution in [-0.2, 0) is 11.3 Å². The fourth-order valence-corrected chi connectivity index (χ4v) is 4.09. The highest BCUT2D eigenvalue weighted by molar-refractivity contribution is 6.10. The number of hydrogen-bond donors (Lipinski definition) is 3. The molecular formula is C27H32N2O4. The van der Waals surface area contributed by atoms with Crippen molar-refractivity contribution in [3.8, 4) is 11.1 Å². The summed E-state index contributed by atoms with van der Waals surface area (Å²) in [6, 6.07) is 19.2. The minimum Gasteiger partial charge on any atom is -0.481 e. The van der Waals surface area contributed by atoms with Crippen molar-refractivity contribution in [2.75, 3.05) is 5.32 Å². The second-order valence-electron chi connectivity index (χ2n) is 8.57. The van der Waals surface area contributed by atoms with Gasteiger partial charge < -0.3 is 20.1 Å². The van der Waals surface area contributed by atoms with E-state index in [2.05, 4.69) is 23.7 Å². The van der Waals surface area contributed by atoms with Crippen LogP contribution in [0.3, 0.4) is 0 Å². The number of carboxylic acids is 1. The van der Waals surface area contributed by atoms with E-state index in [9.17, 15) is 14.7 Å². The summed E-state index contributed by atoms with van der Waals surface area (Å²) in [6.07, 6.45) is 2.83. The third kappa shape index (κ3) is 6.56. The summed E-state index contributed by atoms with van der Waals surface area (Å²) in [6.45, 7) is 4.66. The molecule has 1 aromatic heterocycles. The molecule has 0 aliphatic carbocycles. The van der Waals surface area contributed by atoms with Gasteiger partial charge >= 0.3 is 5.97 Å². The number of carbonyl (C=O) groups is 2. The summed E-state index contributed by atoms with van der Waals surface area (Å²) in [5.74, 6) is -0.927. The molecule has 0 saturated heterocycles. The van der Waals surface area contributed by atoms with E-state index in [0.29, 0.717) is 31.4 Å². The molecule has 3 rings (SSSR count). The molecule has 0 saturated carbocycles. The highest BCUT2D eigenvalue weighted by Crippen LogP contribution is 2.33. The number of benzene rings is 2. The van der Waals surface area contributed by atoms with Crippen LogP contribution in [0.5, 0.6) is 0 Å². The van der Waals surface area contributed by atoms with Crippen molar-refractivity contribution in [3.63, 3.8) is 0 Å². The van der Waals surface area contributed by atoms with E-state index in [1.807, 2.05) is 66.9 Å². The smallest absolute Gasteiger partial charge is 0.303 e. The normalized spacial score (nSPS) is 12.0. The van der Waals surface area contributed by atoms with E-state index in [1.54, 1.807) is 0 Å². The van der Waals surface area contributed by atoms with Gasteiger partial charge in [-0.2, -0.15) is 0 Å². The van der Waals surface area contributed by atoms with E-state index in [0.717, 1.165) is 22.5 Å². The molecule has 6 heteroatoms. The SMILES string of the molecule is CC(C)c1c(C(=O)Nc2ccccc2)c(-c2ccccc2)cn1CCC(O)CCCC(=O)O. The summed E-state index contributed by atoms with van der Waals surface area (Å²) < 4.78 is 2.06. The molecule has 3 N–H and O–H groups in total. The van der Waals surface area contributed by atoms with Gasteiger partial charge in [-0.05, 0) is 42.9 Å². The number of aromatic nitrogens is 1. The van der Waals surface area contributed by atoms with Gasteiger partial charge in [-0.15, -0.1) is 0 Å². The van der Waals surface area contributed by atoms with E-state index in [-0.39, 0.29) is 18.2 Å². The van der Waals surface area contributed by atoms with Crippen LogP contribution in [0.1, 0.15) is 61.5 Å². The van der Waals surface area contributed by atoms with Crippen molar-refractivity contribution in [1.29, 1.82) is 0 Å². The van der Waals surface area contributed by atoms with Gasteiger partial charge in [0, 0.05) is 36.1 Å². The maximum Gasteiger partial charge on any atom is 0.303 e. The number of rotatable bonds is 11. The zero-order valence-electron chi connectivity index (χ0n) is 19.2. The lowest BCUT2D eigenvalue weighted by atomic mass is 9.98. The van der Waals surface area contributed by atoms with E-state index in [1.165, 1.54) is 0 Å². The number of anilines is 1. The number of nitrogens with zero attached hydrogens (tertiary/aromatic N) is 1. The molecule has 174 valence electrons. The van der Waals surface area contributed by atoms with Gasteiger partial charge in [-0.1, -0.05) is 62.4 Å². The molecular weight excluding hydrogens is 416 g/mol. The Labute approximate surface area is 194 Å². The first-order chi connectivity index (χ1) is 15.9. The number of aliphatic hydroxyl groups excluding tert-OH is 1. The molecule has 0 spiro atoms. The largest absolute Gasteiger partial charge is 0.481 e. The summed E-state index contributed by atoms with van der Waals surface area (Å²) in [4.78, 5) is 24.2. The molecule has 6 nitrogen and oxygen atoms in total. The summed E-state index contributed by atoms with van der Waals surface area (Å²) in [5.41, 5.74) is 4.10. The molecule has 0 aliphatic heterocycles. The number of aliphatic carboxylic acids is 1. The molecule has 2 aromatic carbocycles. The number of carbonyl (C=O) groups excluding carboxylic acids is 1. The fourth-order valence-electron chi connectivity index (χ4n) is 4.09. The minimum absolute atomic E-state index is 0.0553. The van der Waals surface area contributed by atoms with Crippen LogP contribution in [0.2, 0.25) is 0 Å². The Hall–Kier alpha value is -3.38. The standard InChI is InChI=1S/C27H32N2O4/c1-19(2)26-25(27(33)28-21-12-7-4-8-13-21)23(20-10-5-3-6-11-20)18-29(26)17-16-22(30)14-9-15-24(31)32/h3-8,10-13,18-19,22,30H,9,14-17H2,1-2H3,(H,28,33)(H,31,32). The molecule has 0 radical (unpaired) electrons. The quantitative estimate of drug-likeness (QED) is 0.359. The minimum atomic E-state index is -0.851. The van der Waals surface area contributed by atoms with Gasteiger partial charge in [0.2, 0.25) is 0 Å². The molecule has 33 heavy (non-hydrogen) atoms. The van der Waals surface area contributed by atoms with Crippen molar-refractivity contribution >= 4 is 17.6 Å². The lowest BCUT2D eigenvalue weighted by molar-refractivity contribution is -0.137. The average Bonchev–Trinajstić information content (AvgIpc) is 3.19. The topological polar surface area (TPSA) is 91.6 Å². The van der Waals surface area contributed by atoms with Crippen LogP contribution in [0.15, 0.2) is 66.9 Å². The van der Waals surface area contributed by atoms with E-state index < -0.39 is 12.1 Å². The van der Waals surface area contributed by atoms with Crippen molar-refractivity contribution < 1.29 is 19.8 Å². The van der Waals surface area contributed by atoms with Crippen LogP contribution in [-0.4, -0.2) is 32.8 Å². The Balaban J connectivity index is 1.91. The number of nitrogens with one attached hydrogen (secondary N) is 1. The molecule has 1 amide bonds. The maximum absolute atomic E-state index is 13.5. The maximum atomic E-state index is 13.5. The Morgan fingerprint density at radius 3 is 2.21 bits per heavy atom. The zero-order valence-corrected chi connectivity index (χ0v) is 19.2. The van der Waals surface area contributed by atoms with Crippen LogP contribution >= 0.6 is 0 Å². The number of aliphatic hydroxyl groups is 1. The predicted molar refractivity (Wildman–Crippen MR) is 130 cm³/mol. The zero-order chi connectivity index (χ0) is 23.8. The van der Waals surface area contributed by atoms with Crippen molar-refractivity contribution in [3.05, 3.63) is 78.1 Å². The van der Waals surface area contributed by atoms with Gasteiger partial charge in [0.05, 0.1) is 11.7 Å². The molecule has 0 aliphatic rings.